The van der Waals surface area contributed by atoms with Crippen molar-refractivity contribution in [1.29, 1.82) is 0 Å². The Labute approximate surface area is 144 Å². The Morgan fingerprint density at radius 1 is 0.958 bits per heavy atom. The molecule has 0 aliphatic carbocycles. The van der Waals surface area contributed by atoms with Gasteiger partial charge in [-0.25, -0.2) is 0 Å². The molecular weight excluding hydrogens is 298 g/mol. The lowest BCUT2D eigenvalue weighted by Gasteiger charge is -2.32. The summed E-state index contributed by atoms with van der Waals surface area (Å²) in [5.41, 5.74) is 2.12. The standard InChI is InChI=1S/C21H27NO2/c1-2-16-24-19-12-10-18(11-13-19)21(23)20(22-14-6-7-15-22)17-8-4-3-5-9-17/h3-5,8-13,20-21,23H,2,6-7,14-16H2,1H3/t20-,21-/m1/s1. The number of nitrogens with zero attached hydrogens (tertiary/aromatic N) is 1. The second kappa shape index (κ2) is 8.32. The zero-order valence-electron chi connectivity index (χ0n) is 14.4. The maximum atomic E-state index is 11.1. The van der Waals surface area contributed by atoms with Crippen LogP contribution in [0.25, 0.3) is 0 Å². The quantitative estimate of drug-likeness (QED) is 0.821. The maximum absolute atomic E-state index is 11.1. The van der Waals surface area contributed by atoms with E-state index in [2.05, 4.69) is 24.0 Å². The monoisotopic (exact) mass is 325 g/mol. The van der Waals surface area contributed by atoms with E-state index < -0.39 is 6.10 Å². The molecule has 2 aromatic carbocycles. The molecule has 128 valence electrons. The molecule has 1 aliphatic rings. The summed E-state index contributed by atoms with van der Waals surface area (Å²) in [6.07, 6.45) is 2.88. The van der Waals surface area contributed by atoms with Crippen molar-refractivity contribution in [2.45, 2.75) is 38.3 Å². The van der Waals surface area contributed by atoms with E-state index in [1.807, 2.05) is 42.5 Å². The molecular formula is C21H27NO2. The number of aliphatic hydroxyl groups is 1. The Balaban J connectivity index is 1.81. The minimum absolute atomic E-state index is 0.0103. The van der Waals surface area contributed by atoms with Crippen molar-refractivity contribution in [2.75, 3.05) is 19.7 Å². The largest absolute Gasteiger partial charge is 0.494 e. The third-order valence-electron chi connectivity index (χ3n) is 4.67. The van der Waals surface area contributed by atoms with Gasteiger partial charge in [-0.2, -0.15) is 0 Å². The lowest BCUT2D eigenvalue weighted by atomic mass is 9.94. The number of hydrogen-bond acceptors (Lipinski definition) is 3. The summed E-state index contributed by atoms with van der Waals surface area (Å²) in [7, 11) is 0. The van der Waals surface area contributed by atoms with Gasteiger partial charge in [0.25, 0.3) is 0 Å². The van der Waals surface area contributed by atoms with Crippen LogP contribution in [-0.2, 0) is 0 Å². The van der Waals surface area contributed by atoms with Gasteiger partial charge in [-0.3, -0.25) is 4.90 Å². The summed E-state index contributed by atoms with van der Waals surface area (Å²) < 4.78 is 5.64. The van der Waals surface area contributed by atoms with Crippen LogP contribution in [0, 0.1) is 0 Å². The van der Waals surface area contributed by atoms with Crippen LogP contribution in [0.1, 0.15) is 49.5 Å². The van der Waals surface area contributed by atoms with Crippen molar-refractivity contribution in [3.05, 3.63) is 65.7 Å². The van der Waals surface area contributed by atoms with Crippen LogP contribution in [0.4, 0.5) is 0 Å². The van der Waals surface area contributed by atoms with E-state index in [1.54, 1.807) is 0 Å². The van der Waals surface area contributed by atoms with Crippen molar-refractivity contribution in [1.82, 2.24) is 4.90 Å². The van der Waals surface area contributed by atoms with Crippen molar-refractivity contribution in [3.8, 4) is 5.75 Å². The van der Waals surface area contributed by atoms with Gasteiger partial charge in [-0.15, -0.1) is 0 Å². The zero-order chi connectivity index (χ0) is 16.8. The zero-order valence-corrected chi connectivity index (χ0v) is 14.4. The Morgan fingerprint density at radius 3 is 2.25 bits per heavy atom. The second-order valence-corrected chi connectivity index (χ2v) is 6.46. The first-order chi connectivity index (χ1) is 11.8. The molecule has 3 heteroatoms. The van der Waals surface area contributed by atoms with Crippen LogP contribution < -0.4 is 4.74 Å². The predicted molar refractivity (Wildman–Crippen MR) is 97.2 cm³/mol. The van der Waals surface area contributed by atoms with Gasteiger partial charge in [-0.1, -0.05) is 49.4 Å². The topological polar surface area (TPSA) is 32.7 Å². The lowest BCUT2D eigenvalue weighted by molar-refractivity contribution is 0.0607. The lowest BCUT2D eigenvalue weighted by Crippen LogP contribution is -2.30. The summed E-state index contributed by atoms with van der Waals surface area (Å²) in [5.74, 6) is 0.866. The highest BCUT2D eigenvalue weighted by molar-refractivity contribution is 5.31. The maximum Gasteiger partial charge on any atom is 0.119 e. The molecule has 3 nitrogen and oxygen atoms in total. The summed E-state index contributed by atoms with van der Waals surface area (Å²) in [5, 5.41) is 11.1. The Bertz CT molecular complexity index is 605. The van der Waals surface area contributed by atoms with Crippen LogP contribution in [-0.4, -0.2) is 29.7 Å². The SMILES string of the molecule is CCCOc1ccc([C@@H](O)[C@@H](c2ccccc2)N2CCCC2)cc1. The molecule has 0 radical (unpaired) electrons. The summed E-state index contributed by atoms with van der Waals surface area (Å²) in [6, 6.07) is 18.3. The molecule has 1 fully saturated rings. The van der Waals surface area contributed by atoms with E-state index in [4.69, 9.17) is 4.74 Å². The van der Waals surface area contributed by atoms with Crippen LogP contribution in [0.3, 0.4) is 0 Å². The fourth-order valence-electron chi connectivity index (χ4n) is 3.43. The molecule has 0 aromatic heterocycles. The number of hydrogen-bond donors (Lipinski definition) is 1. The van der Waals surface area contributed by atoms with Gasteiger partial charge in [0.05, 0.1) is 18.8 Å². The molecule has 0 spiro atoms. The molecule has 1 saturated heterocycles. The van der Waals surface area contributed by atoms with Crippen molar-refractivity contribution in [3.63, 3.8) is 0 Å². The van der Waals surface area contributed by atoms with Crippen molar-refractivity contribution >= 4 is 0 Å². The molecule has 2 atom stereocenters. The molecule has 3 rings (SSSR count). The molecule has 2 aromatic rings. The first-order valence-electron chi connectivity index (χ1n) is 8.99. The van der Waals surface area contributed by atoms with E-state index in [1.165, 1.54) is 18.4 Å². The van der Waals surface area contributed by atoms with Gasteiger partial charge in [-0.05, 0) is 55.6 Å². The molecule has 0 amide bonds. The molecule has 0 saturated carbocycles. The van der Waals surface area contributed by atoms with Crippen LogP contribution in [0.2, 0.25) is 0 Å². The first-order valence-corrected chi connectivity index (χ1v) is 8.99. The molecule has 24 heavy (non-hydrogen) atoms. The van der Waals surface area contributed by atoms with Gasteiger partial charge in [0.1, 0.15) is 5.75 Å². The van der Waals surface area contributed by atoms with Gasteiger partial charge in [0.15, 0.2) is 0 Å². The average molecular weight is 325 g/mol. The summed E-state index contributed by atoms with van der Waals surface area (Å²) in [6.45, 7) is 4.92. The highest BCUT2D eigenvalue weighted by atomic mass is 16.5. The third kappa shape index (κ3) is 3.97. The first kappa shape index (κ1) is 17.0. The van der Waals surface area contributed by atoms with Crippen molar-refractivity contribution in [2.24, 2.45) is 0 Å². The number of aliphatic hydroxyl groups excluding tert-OH is 1. The van der Waals surface area contributed by atoms with E-state index in [9.17, 15) is 5.11 Å². The minimum atomic E-state index is -0.536. The Hall–Kier alpha value is -1.84. The molecule has 1 N–H and O–H groups in total. The molecule has 0 unspecified atom stereocenters. The highest BCUT2D eigenvalue weighted by Gasteiger charge is 2.30. The average Bonchev–Trinajstić information content (AvgIpc) is 3.15. The van der Waals surface area contributed by atoms with E-state index in [-0.39, 0.29) is 6.04 Å². The number of rotatable bonds is 7. The normalized spacial score (nSPS) is 17.6. The Morgan fingerprint density at radius 2 is 1.62 bits per heavy atom. The van der Waals surface area contributed by atoms with E-state index >= 15 is 0 Å². The minimum Gasteiger partial charge on any atom is -0.494 e. The van der Waals surface area contributed by atoms with Crippen LogP contribution in [0.5, 0.6) is 5.75 Å². The predicted octanol–water partition coefficient (Wildman–Crippen LogP) is 4.35. The second-order valence-electron chi connectivity index (χ2n) is 6.46. The van der Waals surface area contributed by atoms with E-state index in [0.717, 1.165) is 37.4 Å². The smallest absolute Gasteiger partial charge is 0.119 e. The summed E-state index contributed by atoms with van der Waals surface area (Å²) >= 11 is 0. The van der Waals surface area contributed by atoms with Crippen molar-refractivity contribution < 1.29 is 9.84 Å². The van der Waals surface area contributed by atoms with Gasteiger partial charge >= 0.3 is 0 Å². The highest BCUT2D eigenvalue weighted by Crippen LogP contribution is 2.36. The number of likely N-dealkylation sites (tertiary alicyclic amines) is 1. The molecule has 1 aliphatic heterocycles. The van der Waals surface area contributed by atoms with Gasteiger partial charge < -0.3 is 9.84 Å². The van der Waals surface area contributed by atoms with Crippen LogP contribution >= 0.6 is 0 Å². The summed E-state index contributed by atoms with van der Waals surface area (Å²) in [4.78, 5) is 2.40. The number of benzene rings is 2. The molecule has 1 heterocycles. The van der Waals surface area contributed by atoms with Gasteiger partial charge in [0.2, 0.25) is 0 Å². The fourth-order valence-corrected chi connectivity index (χ4v) is 3.43. The van der Waals surface area contributed by atoms with Crippen LogP contribution in [0.15, 0.2) is 54.6 Å². The third-order valence-corrected chi connectivity index (χ3v) is 4.67. The van der Waals surface area contributed by atoms with Gasteiger partial charge in [0, 0.05) is 0 Å². The fraction of sp³-hybridized carbons (Fsp3) is 0.429. The molecule has 0 bridgehead atoms. The number of ether oxygens (including phenoxy) is 1. The Kier molecular flexibility index (Phi) is 5.89. The van der Waals surface area contributed by atoms with E-state index in [0.29, 0.717) is 0 Å².